The van der Waals surface area contributed by atoms with Gasteiger partial charge in [0.05, 0.1) is 6.04 Å². The molecule has 0 aliphatic carbocycles. The Morgan fingerprint density at radius 1 is 1.29 bits per heavy atom. The highest BCUT2D eigenvalue weighted by Crippen LogP contribution is 2.09. The number of benzene rings is 1. The molecule has 2 unspecified atom stereocenters. The summed E-state index contributed by atoms with van der Waals surface area (Å²) in [6, 6.07) is 9.61. The zero-order valence-electron chi connectivity index (χ0n) is 12.8. The van der Waals surface area contributed by atoms with Gasteiger partial charge in [0.15, 0.2) is 5.78 Å². The Kier molecular flexibility index (Phi) is 7.72. The van der Waals surface area contributed by atoms with E-state index in [9.17, 15) is 4.79 Å². The molecule has 4 nitrogen and oxygen atoms in total. The van der Waals surface area contributed by atoms with E-state index in [1.807, 2.05) is 30.3 Å². The number of nitrogens with one attached hydrogen (secondary N) is 1. The van der Waals surface area contributed by atoms with Gasteiger partial charge in [0.25, 0.3) is 0 Å². The monoisotopic (exact) mass is 289 g/mol. The van der Waals surface area contributed by atoms with Crippen molar-refractivity contribution < 1.29 is 4.79 Å². The lowest BCUT2D eigenvalue weighted by molar-refractivity contribution is -0.119. The normalized spacial score (nSPS) is 13.5. The molecule has 0 aliphatic heterocycles. The van der Waals surface area contributed by atoms with Crippen LogP contribution >= 0.6 is 0 Å². The van der Waals surface area contributed by atoms with E-state index in [4.69, 9.17) is 11.5 Å². The summed E-state index contributed by atoms with van der Waals surface area (Å²) >= 11 is 0. The van der Waals surface area contributed by atoms with Crippen molar-refractivity contribution in [2.24, 2.45) is 11.5 Å². The molecule has 0 amide bonds. The fourth-order valence-corrected chi connectivity index (χ4v) is 2.19. The fraction of sp³-hybridized carbons (Fsp3) is 0.471. The van der Waals surface area contributed by atoms with Crippen molar-refractivity contribution in [1.29, 1.82) is 0 Å². The van der Waals surface area contributed by atoms with Crippen LogP contribution in [0.15, 0.2) is 42.6 Å². The van der Waals surface area contributed by atoms with Crippen LogP contribution in [0.2, 0.25) is 0 Å². The molecular formula is C17H27N3O. The topological polar surface area (TPSA) is 81.1 Å². The lowest BCUT2D eigenvalue weighted by Gasteiger charge is -2.23. The molecule has 1 aromatic rings. The third-order valence-corrected chi connectivity index (χ3v) is 3.54. The minimum atomic E-state index is -0.217. The predicted octanol–water partition coefficient (Wildman–Crippen LogP) is 1.75. The number of unbranched alkanes of at least 4 members (excludes halogenated alkanes) is 1. The summed E-state index contributed by atoms with van der Waals surface area (Å²) in [5.74, 6) is 0.111. The average Bonchev–Trinajstić information content (AvgIpc) is 2.47. The van der Waals surface area contributed by atoms with Crippen LogP contribution in [-0.2, 0) is 11.2 Å². The van der Waals surface area contributed by atoms with Crippen molar-refractivity contribution in [1.82, 2.24) is 5.32 Å². The van der Waals surface area contributed by atoms with Gasteiger partial charge in [-0.1, -0.05) is 36.9 Å². The van der Waals surface area contributed by atoms with Crippen LogP contribution in [0.5, 0.6) is 0 Å². The van der Waals surface area contributed by atoms with Gasteiger partial charge in [-0.3, -0.25) is 4.79 Å². The standard InChI is InChI=1S/C17H27N3O/c1-13(16(19)12-15-8-4-3-5-9-15)20-17(14(2)21)10-6-7-11-18/h3-5,8-9,16-17,20H,1,6-7,10-12,18-19H2,2H3. The molecule has 1 rings (SSSR count). The van der Waals surface area contributed by atoms with Gasteiger partial charge in [-0.05, 0) is 44.7 Å². The Morgan fingerprint density at radius 3 is 2.52 bits per heavy atom. The highest BCUT2D eigenvalue weighted by atomic mass is 16.1. The van der Waals surface area contributed by atoms with Crippen LogP contribution in [0.3, 0.4) is 0 Å². The molecule has 0 bridgehead atoms. The molecule has 21 heavy (non-hydrogen) atoms. The predicted molar refractivity (Wildman–Crippen MR) is 87.8 cm³/mol. The lowest BCUT2D eigenvalue weighted by Crippen LogP contribution is -2.41. The van der Waals surface area contributed by atoms with Gasteiger partial charge >= 0.3 is 0 Å². The molecule has 4 heteroatoms. The van der Waals surface area contributed by atoms with E-state index >= 15 is 0 Å². The van der Waals surface area contributed by atoms with Gasteiger partial charge < -0.3 is 16.8 Å². The van der Waals surface area contributed by atoms with Crippen molar-refractivity contribution in [3.05, 3.63) is 48.2 Å². The molecule has 0 heterocycles. The molecule has 0 radical (unpaired) electrons. The molecule has 0 aliphatic rings. The second-order valence-electron chi connectivity index (χ2n) is 5.41. The molecule has 0 fully saturated rings. The lowest BCUT2D eigenvalue weighted by atomic mass is 10.0. The third-order valence-electron chi connectivity index (χ3n) is 3.54. The van der Waals surface area contributed by atoms with Gasteiger partial charge in [0.2, 0.25) is 0 Å². The first-order valence-electron chi connectivity index (χ1n) is 7.50. The Hall–Kier alpha value is -1.65. The molecule has 0 saturated heterocycles. The van der Waals surface area contributed by atoms with Crippen LogP contribution < -0.4 is 16.8 Å². The number of hydrogen-bond donors (Lipinski definition) is 3. The smallest absolute Gasteiger partial charge is 0.151 e. The highest BCUT2D eigenvalue weighted by Gasteiger charge is 2.17. The van der Waals surface area contributed by atoms with E-state index in [1.165, 1.54) is 0 Å². The summed E-state index contributed by atoms with van der Waals surface area (Å²) in [6.07, 6.45) is 3.33. The van der Waals surface area contributed by atoms with E-state index in [0.717, 1.165) is 24.8 Å². The average molecular weight is 289 g/mol. The van der Waals surface area contributed by atoms with Crippen LogP contribution in [-0.4, -0.2) is 24.4 Å². The highest BCUT2D eigenvalue weighted by molar-refractivity contribution is 5.81. The number of carbonyl (C=O) groups excluding carboxylic acids is 1. The SMILES string of the molecule is C=C(NC(CCCCN)C(C)=O)C(N)Cc1ccccc1. The number of ketones is 1. The molecule has 0 spiro atoms. The van der Waals surface area contributed by atoms with Gasteiger partial charge in [-0.25, -0.2) is 0 Å². The van der Waals surface area contributed by atoms with Gasteiger partial charge in [-0.2, -0.15) is 0 Å². The van der Waals surface area contributed by atoms with Crippen LogP contribution in [0.4, 0.5) is 0 Å². The van der Waals surface area contributed by atoms with Gasteiger partial charge in [0.1, 0.15) is 0 Å². The summed E-state index contributed by atoms with van der Waals surface area (Å²) in [6.45, 7) is 6.23. The zero-order valence-corrected chi connectivity index (χ0v) is 12.8. The number of hydrogen-bond acceptors (Lipinski definition) is 4. The van der Waals surface area contributed by atoms with Crippen molar-refractivity contribution in [3.63, 3.8) is 0 Å². The summed E-state index contributed by atoms with van der Waals surface area (Å²) in [5, 5.41) is 3.19. The number of carbonyl (C=O) groups is 1. The second kappa shape index (κ2) is 9.32. The maximum Gasteiger partial charge on any atom is 0.151 e. The van der Waals surface area contributed by atoms with E-state index < -0.39 is 0 Å². The zero-order chi connectivity index (χ0) is 15.7. The second-order valence-corrected chi connectivity index (χ2v) is 5.41. The van der Waals surface area contributed by atoms with E-state index in [0.29, 0.717) is 18.7 Å². The van der Waals surface area contributed by atoms with Crippen molar-refractivity contribution in [2.45, 2.75) is 44.7 Å². The summed E-state index contributed by atoms with van der Waals surface area (Å²) in [7, 11) is 0. The summed E-state index contributed by atoms with van der Waals surface area (Å²) < 4.78 is 0. The first-order valence-corrected chi connectivity index (χ1v) is 7.50. The maximum atomic E-state index is 11.7. The molecule has 0 aromatic heterocycles. The molecule has 5 N–H and O–H groups in total. The molecule has 0 saturated carbocycles. The first-order chi connectivity index (χ1) is 10.0. The Balaban J connectivity index is 2.50. The minimum absolute atomic E-state index is 0.111. The van der Waals surface area contributed by atoms with Crippen LogP contribution in [0, 0.1) is 0 Å². The minimum Gasteiger partial charge on any atom is -0.378 e. The number of nitrogens with two attached hydrogens (primary N) is 2. The molecule has 116 valence electrons. The van der Waals surface area contributed by atoms with E-state index in [1.54, 1.807) is 6.92 Å². The fourth-order valence-electron chi connectivity index (χ4n) is 2.19. The third kappa shape index (κ3) is 6.56. The van der Waals surface area contributed by atoms with E-state index in [-0.39, 0.29) is 17.9 Å². The largest absolute Gasteiger partial charge is 0.378 e. The van der Waals surface area contributed by atoms with E-state index in [2.05, 4.69) is 11.9 Å². The maximum absolute atomic E-state index is 11.7. The summed E-state index contributed by atoms with van der Waals surface area (Å²) in [4.78, 5) is 11.7. The first kappa shape index (κ1) is 17.4. The van der Waals surface area contributed by atoms with Crippen LogP contribution in [0.25, 0.3) is 0 Å². The summed E-state index contributed by atoms with van der Waals surface area (Å²) in [5.41, 5.74) is 13.5. The molecule has 1 aromatic carbocycles. The quantitative estimate of drug-likeness (QED) is 0.573. The number of rotatable bonds is 10. The Bertz CT molecular complexity index is 445. The van der Waals surface area contributed by atoms with Gasteiger partial charge in [0, 0.05) is 11.7 Å². The Morgan fingerprint density at radius 2 is 1.95 bits per heavy atom. The van der Waals surface area contributed by atoms with Crippen molar-refractivity contribution in [3.8, 4) is 0 Å². The van der Waals surface area contributed by atoms with Gasteiger partial charge in [-0.15, -0.1) is 0 Å². The van der Waals surface area contributed by atoms with Crippen molar-refractivity contribution >= 4 is 5.78 Å². The molecular weight excluding hydrogens is 262 g/mol. The van der Waals surface area contributed by atoms with Crippen LogP contribution in [0.1, 0.15) is 31.7 Å². The van der Waals surface area contributed by atoms with Crippen molar-refractivity contribution in [2.75, 3.05) is 6.54 Å². The number of Topliss-reactive ketones (excluding diaryl/α,β-unsaturated/α-hetero) is 1. The molecule has 2 atom stereocenters. The Labute approximate surface area is 127 Å².